The van der Waals surface area contributed by atoms with Crippen LogP contribution >= 0.6 is 0 Å². The Labute approximate surface area is 119 Å². The maximum Gasteiger partial charge on any atom is 0.166 e. The highest BCUT2D eigenvalue weighted by atomic mass is 16.5. The standard InChI is InChI=1S/C17H21NO2/c19-16(15-11-17(15)6-8-18-9-7-17)12-2-1-3-14(10-12)20-13-4-5-13/h1-3,10,13,15,18H,4-9,11H2. The van der Waals surface area contributed by atoms with E-state index in [1.165, 1.54) is 0 Å². The van der Waals surface area contributed by atoms with E-state index >= 15 is 0 Å². The molecule has 3 aliphatic rings. The molecule has 3 nitrogen and oxygen atoms in total. The zero-order valence-electron chi connectivity index (χ0n) is 11.7. The number of rotatable bonds is 4. The van der Waals surface area contributed by atoms with Crippen LogP contribution in [0.5, 0.6) is 5.75 Å². The molecule has 2 aliphatic carbocycles. The lowest BCUT2D eigenvalue weighted by Crippen LogP contribution is -2.30. The lowest BCUT2D eigenvalue weighted by Gasteiger charge is -2.23. The molecule has 106 valence electrons. The molecule has 1 aliphatic heterocycles. The summed E-state index contributed by atoms with van der Waals surface area (Å²) in [7, 11) is 0. The van der Waals surface area contributed by atoms with Gasteiger partial charge >= 0.3 is 0 Å². The minimum absolute atomic E-state index is 0.251. The van der Waals surface area contributed by atoms with Crippen molar-refractivity contribution in [3.05, 3.63) is 29.8 Å². The van der Waals surface area contributed by atoms with Crippen molar-refractivity contribution >= 4 is 5.78 Å². The van der Waals surface area contributed by atoms with E-state index in [9.17, 15) is 4.79 Å². The van der Waals surface area contributed by atoms with Gasteiger partial charge in [0.25, 0.3) is 0 Å². The molecule has 0 amide bonds. The number of nitrogens with one attached hydrogen (secondary N) is 1. The highest BCUT2D eigenvalue weighted by molar-refractivity contribution is 6.00. The SMILES string of the molecule is O=C(c1cccc(OC2CC2)c1)C1CC12CCNCC2. The number of carbonyl (C=O) groups excluding carboxylic acids is 1. The lowest BCUT2D eigenvalue weighted by molar-refractivity contribution is 0.0940. The van der Waals surface area contributed by atoms with Crippen LogP contribution in [0.25, 0.3) is 0 Å². The van der Waals surface area contributed by atoms with Gasteiger partial charge in [-0.3, -0.25) is 4.79 Å². The zero-order chi connectivity index (χ0) is 13.6. The van der Waals surface area contributed by atoms with Gasteiger partial charge in [-0.2, -0.15) is 0 Å². The van der Waals surface area contributed by atoms with Crippen molar-refractivity contribution in [2.24, 2.45) is 11.3 Å². The van der Waals surface area contributed by atoms with E-state index in [0.717, 1.165) is 56.5 Å². The second-order valence-electron chi connectivity index (χ2n) is 6.58. The van der Waals surface area contributed by atoms with Crippen LogP contribution < -0.4 is 10.1 Å². The summed E-state index contributed by atoms with van der Waals surface area (Å²) >= 11 is 0. The summed E-state index contributed by atoms with van der Waals surface area (Å²) in [5.74, 6) is 1.44. The molecule has 1 spiro atoms. The van der Waals surface area contributed by atoms with Crippen LogP contribution in [0.3, 0.4) is 0 Å². The van der Waals surface area contributed by atoms with Crippen molar-refractivity contribution in [1.29, 1.82) is 0 Å². The fraction of sp³-hybridized carbons (Fsp3) is 0.588. The molecule has 1 aromatic rings. The van der Waals surface area contributed by atoms with Crippen molar-refractivity contribution in [3.8, 4) is 5.75 Å². The molecule has 0 aromatic heterocycles. The van der Waals surface area contributed by atoms with Gasteiger partial charge in [0, 0.05) is 11.5 Å². The minimum Gasteiger partial charge on any atom is -0.490 e. The topological polar surface area (TPSA) is 38.3 Å². The molecular weight excluding hydrogens is 250 g/mol. The first kappa shape index (κ1) is 12.4. The van der Waals surface area contributed by atoms with Crippen molar-refractivity contribution in [2.45, 2.75) is 38.2 Å². The molecule has 1 atom stereocenters. The molecule has 0 bridgehead atoms. The number of benzene rings is 1. The molecular formula is C17H21NO2. The molecule has 20 heavy (non-hydrogen) atoms. The van der Waals surface area contributed by atoms with Gasteiger partial charge in [0.1, 0.15) is 5.75 Å². The Morgan fingerprint density at radius 1 is 1.25 bits per heavy atom. The average molecular weight is 271 g/mol. The normalized spacial score (nSPS) is 27.3. The summed E-state index contributed by atoms with van der Waals surface area (Å²) in [5.41, 5.74) is 1.15. The Morgan fingerprint density at radius 2 is 2.05 bits per heavy atom. The Balaban J connectivity index is 1.48. The van der Waals surface area contributed by atoms with Crippen LogP contribution in [0, 0.1) is 11.3 Å². The molecule has 1 saturated heterocycles. The number of piperidine rings is 1. The van der Waals surface area contributed by atoms with Gasteiger partial charge in [0.05, 0.1) is 6.10 Å². The van der Waals surface area contributed by atoms with Crippen LogP contribution in [0.4, 0.5) is 0 Å². The summed E-state index contributed by atoms with van der Waals surface area (Å²) in [6.07, 6.45) is 6.08. The van der Waals surface area contributed by atoms with Gasteiger partial charge < -0.3 is 10.1 Å². The second-order valence-corrected chi connectivity index (χ2v) is 6.58. The summed E-state index contributed by atoms with van der Waals surface area (Å²) in [6, 6.07) is 7.79. The third-order valence-electron chi connectivity index (χ3n) is 5.05. The van der Waals surface area contributed by atoms with Crippen LogP contribution in [0.15, 0.2) is 24.3 Å². The number of ketones is 1. The number of carbonyl (C=O) groups is 1. The Hall–Kier alpha value is -1.35. The monoisotopic (exact) mass is 271 g/mol. The van der Waals surface area contributed by atoms with Crippen LogP contribution in [0.2, 0.25) is 0 Å². The maximum absolute atomic E-state index is 12.7. The van der Waals surface area contributed by atoms with E-state index in [2.05, 4.69) is 5.32 Å². The molecule has 3 fully saturated rings. The quantitative estimate of drug-likeness (QED) is 0.856. The van der Waals surface area contributed by atoms with E-state index in [1.54, 1.807) is 0 Å². The number of Topliss-reactive ketones (excluding diaryl/α,β-unsaturated/α-hetero) is 1. The molecule has 1 N–H and O–H groups in total. The van der Waals surface area contributed by atoms with E-state index in [0.29, 0.717) is 17.3 Å². The van der Waals surface area contributed by atoms with Crippen molar-refractivity contribution in [2.75, 3.05) is 13.1 Å². The second kappa shape index (κ2) is 4.59. The van der Waals surface area contributed by atoms with Gasteiger partial charge in [-0.15, -0.1) is 0 Å². The van der Waals surface area contributed by atoms with Gasteiger partial charge in [-0.25, -0.2) is 0 Å². The first-order chi connectivity index (χ1) is 9.77. The van der Waals surface area contributed by atoms with Crippen molar-refractivity contribution in [3.63, 3.8) is 0 Å². The highest BCUT2D eigenvalue weighted by Gasteiger charge is 2.57. The van der Waals surface area contributed by atoms with Gasteiger partial charge in [-0.1, -0.05) is 12.1 Å². The van der Waals surface area contributed by atoms with Crippen LogP contribution in [-0.4, -0.2) is 25.0 Å². The molecule has 2 saturated carbocycles. The zero-order valence-corrected chi connectivity index (χ0v) is 11.7. The summed E-state index contributed by atoms with van der Waals surface area (Å²) in [6.45, 7) is 2.13. The maximum atomic E-state index is 12.7. The van der Waals surface area contributed by atoms with Gasteiger partial charge in [-0.05, 0) is 62.7 Å². The molecule has 1 unspecified atom stereocenters. The van der Waals surface area contributed by atoms with Crippen molar-refractivity contribution < 1.29 is 9.53 Å². The Kier molecular flexibility index (Phi) is 2.84. The number of hydrogen-bond acceptors (Lipinski definition) is 3. The Morgan fingerprint density at radius 3 is 2.80 bits per heavy atom. The van der Waals surface area contributed by atoms with Crippen molar-refractivity contribution in [1.82, 2.24) is 5.32 Å². The van der Waals surface area contributed by atoms with E-state index in [1.807, 2.05) is 24.3 Å². The number of hydrogen-bond donors (Lipinski definition) is 1. The van der Waals surface area contributed by atoms with Crippen LogP contribution in [-0.2, 0) is 0 Å². The molecule has 1 heterocycles. The average Bonchev–Trinajstić information content (AvgIpc) is 3.39. The highest BCUT2D eigenvalue weighted by Crippen LogP contribution is 2.59. The van der Waals surface area contributed by atoms with E-state index < -0.39 is 0 Å². The smallest absolute Gasteiger partial charge is 0.166 e. The first-order valence-corrected chi connectivity index (χ1v) is 7.79. The summed E-state index contributed by atoms with van der Waals surface area (Å²) in [4.78, 5) is 12.7. The predicted octanol–water partition coefficient (Wildman–Crippen LogP) is 2.80. The largest absolute Gasteiger partial charge is 0.490 e. The van der Waals surface area contributed by atoms with Gasteiger partial charge in [0.2, 0.25) is 0 Å². The number of ether oxygens (including phenoxy) is 1. The molecule has 3 heteroatoms. The first-order valence-electron chi connectivity index (χ1n) is 7.79. The van der Waals surface area contributed by atoms with E-state index in [-0.39, 0.29) is 5.92 Å². The molecule has 4 rings (SSSR count). The minimum atomic E-state index is 0.251. The van der Waals surface area contributed by atoms with Crippen LogP contribution in [0.1, 0.15) is 42.5 Å². The molecule has 1 aromatic carbocycles. The third-order valence-corrected chi connectivity index (χ3v) is 5.05. The van der Waals surface area contributed by atoms with Gasteiger partial charge in [0.15, 0.2) is 5.78 Å². The summed E-state index contributed by atoms with van der Waals surface area (Å²) < 4.78 is 5.79. The fourth-order valence-electron chi connectivity index (χ4n) is 3.50. The lowest BCUT2D eigenvalue weighted by atomic mass is 9.89. The Bertz CT molecular complexity index is 530. The summed E-state index contributed by atoms with van der Waals surface area (Å²) in [5, 5.41) is 3.39. The fourth-order valence-corrected chi connectivity index (χ4v) is 3.50. The third kappa shape index (κ3) is 2.24. The van der Waals surface area contributed by atoms with E-state index in [4.69, 9.17) is 4.74 Å². The predicted molar refractivity (Wildman–Crippen MR) is 77.1 cm³/mol. The molecule has 0 radical (unpaired) electrons.